The fourth-order valence-electron chi connectivity index (χ4n) is 1.77. The maximum Gasteiger partial charge on any atom is 0.351 e. The molecule has 1 aliphatic rings. The van der Waals surface area contributed by atoms with E-state index in [4.69, 9.17) is 5.26 Å². The van der Waals surface area contributed by atoms with Crippen molar-refractivity contribution in [3.63, 3.8) is 0 Å². The topological polar surface area (TPSA) is 53.3 Å². The Balaban J connectivity index is 2.95. The van der Waals surface area contributed by atoms with E-state index >= 15 is 0 Å². The number of carbonyl (C=O) groups excluding carboxylic acids is 1. The molecule has 0 N–H and O–H groups in total. The lowest BCUT2D eigenvalue weighted by Gasteiger charge is -2.30. The van der Waals surface area contributed by atoms with Gasteiger partial charge in [0.05, 0.1) is 12.1 Å². The van der Waals surface area contributed by atoms with E-state index in [-0.39, 0.29) is 5.57 Å². The number of hydrogen-bond acceptors (Lipinski definition) is 5. The largest absolute Gasteiger partial charge is 0.465 e. The van der Waals surface area contributed by atoms with E-state index < -0.39 is 5.97 Å². The fourth-order valence-corrected chi connectivity index (χ4v) is 2.54. The van der Waals surface area contributed by atoms with Crippen LogP contribution in [0.15, 0.2) is 10.6 Å². The van der Waals surface area contributed by atoms with Gasteiger partial charge in [-0.3, -0.25) is 0 Å². The van der Waals surface area contributed by atoms with Gasteiger partial charge in [0.15, 0.2) is 5.57 Å². The molecule has 1 saturated heterocycles. The molecule has 0 aromatic rings. The second-order valence-electron chi connectivity index (χ2n) is 3.54. The van der Waals surface area contributed by atoms with Crippen LogP contribution in [0.25, 0.3) is 0 Å². The highest BCUT2D eigenvalue weighted by atomic mass is 32.2. The van der Waals surface area contributed by atoms with Gasteiger partial charge >= 0.3 is 5.97 Å². The van der Waals surface area contributed by atoms with Crippen LogP contribution in [0.5, 0.6) is 0 Å². The van der Waals surface area contributed by atoms with Crippen LogP contribution in [0.2, 0.25) is 0 Å². The molecular weight excluding hydrogens is 224 g/mol. The van der Waals surface area contributed by atoms with Crippen molar-refractivity contribution in [3.05, 3.63) is 10.6 Å². The van der Waals surface area contributed by atoms with Gasteiger partial charge in [-0.05, 0) is 25.5 Å². The standard InChI is InChI=1S/C11H16N2O2S/c1-15-11(14)9(8-12)10(16-2)13-6-4-3-5-7-13/h3-7H2,1-2H3/b10-9-. The molecule has 0 amide bonds. The Kier molecular flexibility index (Phi) is 5.20. The van der Waals surface area contributed by atoms with E-state index in [9.17, 15) is 4.79 Å². The number of rotatable bonds is 3. The van der Waals surface area contributed by atoms with Gasteiger partial charge < -0.3 is 9.64 Å². The van der Waals surface area contributed by atoms with Crippen molar-refractivity contribution in [2.75, 3.05) is 26.5 Å². The number of thioether (sulfide) groups is 1. The van der Waals surface area contributed by atoms with Crippen LogP contribution in [0.1, 0.15) is 19.3 Å². The summed E-state index contributed by atoms with van der Waals surface area (Å²) >= 11 is 1.44. The second-order valence-corrected chi connectivity index (χ2v) is 4.33. The highest BCUT2D eigenvalue weighted by Gasteiger charge is 2.21. The molecule has 1 aliphatic heterocycles. The fraction of sp³-hybridized carbons (Fsp3) is 0.636. The van der Waals surface area contributed by atoms with Crippen LogP contribution in [0, 0.1) is 11.3 Å². The summed E-state index contributed by atoms with van der Waals surface area (Å²) in [5, 5.41) is 9.76. The van der Waals surface area contributed by atoms with Crippen LogP contribution in [-0.2, 0) is 9.53 Å². The van der Waals surface area contributed by atoms with Crippen molar-refractivity contribution < 1.29 is 9.53 Å². The van der Waals surface area contributed by atoms with Gasteiger partial charge in [0, 0.05) is 13.1 Å². The monoisotopic (exact) mass is 240 g/mol. The predicted molar refractivity (Wildman–Crippen MR) is 63.6 cm³/mol. The normalized spacial score (nSPS) is 17.4. The van der Waals surface area contributed by atoms with Crippen LogP contribution in [-0.4, -0.2) is 37.3 Å². The van der Waals surface area contributed by atoms with E-state index in [1.165, 1.54) is 25.3 Å². The molecular formula is C11H16N2O2S. The summed E-state index contributed by atoms with van der Waals surface area (Å²) < 4.78 is 4.62. The zero-order valence-electron chi connectivity index (χ0n) is 9.65. The average Bonchev–Trinajstić information content (AvgIpc) is 2.36. The number of ether oxygens (including phenoxy) is 1. The second kappa shape index (κ2) is 6.44. The first-order chi connectivity index (χ1) is 7.74. The third-order valence-corrected chi connectivity index (χ3v) is 3.40. The highest BCUT2D eigenvalue weighted by molar-refractivity contribution is 8.02. The molecule has 4 nitrogen and oxygen atoms in total. The maximum atomic E-state index is 11.4. The molecule has 0 unspecified atom stereocenters. The van der Waals surface area contributed by atoms with Crippen LogP contribution >= 0.6 is 11.8 Å². The lowest BCUT2D eigenvalue weighted by molar-refractivity contribution is -0.135. The third kappa shape index (κ3) is 2.92. The minimum absolute atomic E-state index is 0.122. The quantitative estimate of drug-likeness (QED) is 0.427. The van der Waals surface area contributed by atoms with Crippen molar-refractivity contribution in [1.29, 1.82) is 5.26 Å². The Morgan fingerprint density at radius 3 is 2.44 bits per heavy atom. The van der Waals surface area contributed by atoms with Gasteiger partial charge in [-0.25, -0.2) is 4.79 Å². The molecule has 0 bridgehead atoms. The number of nitriles is 1. The smallest absolute Gasteiger partial charge is 0.351 e. The molecule has 5 heteroatoms. The SMILES string of the molecule is COC(=O)/C(C#N)=C(\SC)N1CCCCC1. The number of methoxy groups -OCH3 is 1. The van der Waals surface area contributed by atoms with E-state index in [0.717, 1.165) is 31.0 Å². The summed E-state index contributed by atoms with van der Waals surface area (Å²) in [6.45, 7) is 1.83. The number of esters is 1. The van der Waals surface area contributed by atoms with Gasteiger partial charge in [0.2, 0.25) is 0 Å². The minimum atomic E-state index is -0.544. The average molecular weight is 240 g/mol. The number of carbonyl (C=O) groups is 1. The van der Waals surface area contributed by atoms with Gasteiger partial charge in [0.25, 0.3) is 0 Å². The Labute approximate surface area is 100 Å². The minimum Gasteiger partial charge on any atom is -0.465 e. The van der Waals surface area contributed by atoms with Crippen molar-refractivity contribution in [2.24, 2.45) is 0 Å². The number of hydrogen-bond donors (Lipinski definition) is 0. The Bertz CT molecular complexity index is 327. The summed E-state index contributed by atoms with van der Waals surface area (Å²) in [5.41, 5.74) is 0.122. The number of piperidine rings is 1. The van der Waals surface area contributed by atoms with Gasteiger partial charge in [-0.15, -0.1) is 11.8 Å². The molecule has 0 saturated carbocycles. The lowest BCUT2D eigenvalue weighted by Crippen LogP contribution is -2.29. The number of nitrogens with zero attached hydrogens (tertiary/aromatic N) is 2. The first kappa shape index (κ1) is 12.9. The zero-order chi connectivity index (χ0) is 12.0. The summed E-state index contributed by atoms with van der Waals surface area (Å²) in [4.78, 5) is 13.5. The maximum absolute atomic E-state index is 11.4. The highest BCUT2D eigenvalue weighted by Crippen LogP contribution is 2.25. The van der Waals surface area contributed by atoms with E-state index in [1.807, 2.05) is 12.3 Å². The van der Waals surface area contributed by atoms with Crippen molar-refractivity contribution >= 4 is 17.7 Å². The van der Waals surface area contributed by atoms with Gasteiger partial charge in [-0.1, -0.05) is 0 Å². The zero-order valence-corrected chi connectivity index (χ0v) is 10.5. The Morgan fingerprint density at radius 2 is 2.00 bits per heavy atom. The molecule has 0 aliphatic carbocycles. The number of likely N-dealkylation sites (tertiary alicyclic amines) is 1. The summed E-state index contributed by atoms with van der Waals surface area (Å²) in [6, 6.07) is 1.94. The molecule has 0 atom stereocenters. The predicted octanol–water partition coefficient (Wildman–Crippen LogP) is 1.74. The summed E-state index contributed by atoms with van der Waals surface area (Å²) in [6.07, 6.45) is 5.33. The van der Waals surface area contributed by atoms with Crippen molar-refractivity contribution in [3.8, 4) is 6.07 Å². The van der Waals surface area contributed by atoms with Crippen LogP contribution in [0.3, 0.4) is 0 Å². The first-order valence-corrected chi connectivity index (χ1v) is 6.48. The third-order valence-electron chi connectivity index (χ3n) is 2.55. The van der Waals surface area contributed by atoms with Gasteiger partial charge in [-0.2, -0.15) is 5.26 Å². The molecule has 0 radical (unpaired) electrons. The molecule has 0 aromatic heterocycles. The Hall–Kier alpha value is -1.15. The summed E-state index contributed by atoms with van der Waals surface area (Å²) in [5.74, 6) is -0.544. The van der Waals surface area contributed by atoms with Crippen LogP contribution in [0.4, 0.5) is 0 Å². The van der Waals surface area contributed by atoms with Crippen LogP contribution < -0.4 is 0 Å². The molecule has 0 aromatic carbocycles. The van der Waals surface area contributed by atoms with E-state index in [0.29, 0.717) is 0 Å². The lowest BCUT2D eigenvalue weighted by atomic mass is 10.1. The summed E-state index contributed by atoms with van der Waals surface area (Å²) in [7, 11) is 1.30. The molecule has 0 spiro atoms. The molecule has 16 heavy (non-hydrogen) atoms. The van der Waals surface area contributed by atoms with Gasteiger partial charge in [0.1, 0.15) is 6.07 Å². The van der Waals surface area contributed by atoms with Crippen molar-refractivity contribution in [2.45, 2.75) is 19.3 Å². The molecule has 88 valence electrons. The molecule has 1 heterocycles. The first-order valence-electron chi connectivity index (χ1n) is 5.26. The van der Waals surface area contributed by atoms with E-state index in [1.54, 1.807) is 0 Å². The Morgan fingerprint density at radius 1 is 1.38 bits per heavy atom. The molecule has 1 rings (SSSR count). The molecule has 1 fully saturated rings. The van der Waals surface area contributed by atoms with E-state index in [2.05, 4.69) is 9.64 Å². The van der Waals surface area contributed by atoms with Crippen molar-refractivity contribution in [1.82, 2.24) is 4.90 Å².